The van der Waals surface area contributed by atoms with Gasteiger partial charge in [-0.15, -0.1) is 0 Å². The number of rotatable bonds is 38. The summed E-state index contributed by atoms with van der Waals surface area (Å²) in [5, 5.41) is 28.5. The lowest BCUT2D eigenvalue weighted by atomic mass is 9.99. The molecule has 0 rings (SSSR count). The molecule has 5 atom stereocenters. The van der Waals surface area contributed by atoms with Crippen LogP contribution in [0.1, 0.15) is 162 Å². The molecule has 0 aromatic rings. The molecule has 0 heterocycles. The lowest BCUT2D eigenvalue weighted by molar-refractivity contribution is -0.161. The van der Waals surface area contributed by atoms with Crippen molar-refractivity contribution in [2.45, 2.75) is 180 Å². The van der Waals surface area contributed by atoms with Gasteiger partial charge in [0.05, 0.1) is 25.9 Å². The Morgan fingerprint density at radius 2 is 1.27 bits per heavy atom. The van der Waals surface area contributed by atoms with E-state index in [2.05, 4.69) is 49.6 Å². The maximum Gasteiger partial charge on any atom is 0.472 e. The third-order valence-electron chi connectivity index (χ3n) is 9.13. The van der Waals surface area contributed by atoms with E-state index < -0.39 is 64.5 Å². The largest absolute Gasteiger partial charge is 0.472 e. The molecule has 0 aliphatic heterocycles. The van der Waals surface area contributed by atoms with E-state index in [9.17, 15) is 29.3 Å². The first-order valence-electron chi connectivity index (χ1n) is 21.1. The Morgan fingerprint density at radius 3 is 1.93 bits per heavy atom. The van der Waals surface area contributed by atoms with E-state index in [1.54, 1.807) is 12.2 Å². The molecule has 0 bridgehead atoms. The minimum absolute atomic E-state index is 0.0129. The Kier molecular flexibility index (Phi) is 36.0. The van der Waals surface area contributed by atoms with Crippen LogP contribution < -0.4 is 0 Å². The number of hydrogen-bond acceptors (Lipinski definition) is 10. The van der Waals surface area contributed by atoms with Gasteiger partial charge < -0.3 is 29.7 Å². The molecule has 0 aromatic heterocycles. The monoisotopic (exact) mass is 801 g/mol. The minimum Gasteiger partial charge on any atom is -0.462 e. The van der Waals surface area contributed by atoms with Crippen LogP contribution in [0.15, 0.2) is 48.6 Å². The zero-order valence-corrected chi connectivity index (χ0v) is 35.3. The summed E-state index contributed by atoms with van der Waals surface area (Å²) in [6, 6.07) is 0. The van der Waals surface area contributed by atoms with Crippen LogP contribution in [0, 0.1) is 5.92 Å². The molecular formula is C43H77O11P. The van der Waals surface area contributed by atoms with Gasteiger partial charge in [-0.05, 0) is 50.9 Å². The molecule has 0 aromatic carbocycles. The number of unbranched alkanes of at least 4 members (excludes halogenated alkanes) is 12. The van der Waals surface area contributed by atoms with E-state index in [4.69, 9.17) is 19.1 Å². The first kappa shape index (κ1) is 52.9. The molecule has 11 nitrogen and oxygen atoms in total. The van der Waals surface area contributed by atoms with E-state index >= 15 is 0 Å². The highest BCUT2D eigenvalue weighted by Gasteiger charge is 2.27. The summed E-state index contributed by atoms with van der Waals surface area (Å²) >= 11 is 0. The van der Waals surface area contributed by atoms with E-state index in [1.807, 2.05) is 12.2 Å². The van der Waals surface area contributed by atoms with Crippen LogP contribution in [-0.4, -0.2) is 76.9 Å². The predicted octanol–water partition coefficient (Wildman–Crippen LogP) is 9.77. The van der Waals surface area contributed by atoms with Gasteiger partial charge in [-0.3, -0.25) is 18.6 Å². The lowest BCUT2D eigenvalue weighted by Gasteiger charge is -2.20. The van der Waals surface area contributed by atoms with E-state index in [0.717, 1.165) is 44.4 Å². The summed E-state index contributed by atoms with van der Waals surface area (Å²) in [6.07, 6.45) is 33.9. The van der Waals surface area contributed by atoms with Crippen molar-refractivity contribution in [2.24, 2.45) is 5.92 Å². The third-order valence-corrected chi connectivity index (χ3v) is 10.1. The van der Waals surface area contributed by atoms with Crippen LogP contribution in [-0.2, 0) is 32.7 Å². The van der Waals surface area contributed by atoms with Crippen molar-refractivity contribution in [1.82, 2.24) is 0 Å². The second-order valence-corrected chi connectivity index (χ2v) is 15.9. The van der Waals surface area contributed by atoms with Gasteiger partial charge in [-0.2, -0.15) is 0 Å². The molecule has 0 spiro atoms. The van der Waals surface area contributed by atoms with Gasteiger partial charge in [-0.1, -0.05) is 153 Å². The van der Waals surface area contributed by atoms with Crippen molar-refractivity contribution >= 4 is 19.8 Å². The molecule has 55 heavy (non-hydrogen) atoms. The topological polar surface area (TPSA) is 169 Å². The van der Waals surface area contributed by atoms with Gasteiger partial charge in [0.25, 0.3) is 0 Å². The Balaban J connectivity index is 4.52. The predicted molar refractivity (Wildman–Crippen MR) is 220 cm³/mol. The normalized spacial score (nSPS) is 15.5. The maximum atomic E-state index is 12.6. The van der Waals surface area contributed by atoms with Crippen LogP contribution in [0.3, 0.4) is 0 Å². The van der Waals surface area contributed by atoms with Crippen molar-refractivity contribution < 1.29 is 52.9 Å². The van der Waals surface area contributed by atoms with Crippen molar-refractivity contribution in [3.05, 3.63) is 48.6 Å². The first-order chi connectivity index (χ1) is 26.5. The van der Waals surface area contributed by atoms with Gasteiger partial charge in [-0.25, -0.2) is 4.57 Å². The molecule has 0 saturated carbocycles. The minimum atomic E-state index is -4.66. The second-order valence-electron chi connectivity index (χ2n) is 14.5. The summed E-state index contributed by atoms with van der Waals surface area (Å²) in [5.41, 5.74) is 0. The lowest BCUT2D eigenvalue weighted by Crippen LogP contribution is -2.30. The van der Waals surface area contributed by atoms with Gasteiger partial charge in [0.2, 0.25) is 0 Å². The van der Waals surface area contributed by atoms with Gasteiger partial charge >= 0.3 is 19.8 Å². The fourth-order valence-electron chi connectivity index (χ4n) is 5.42. The Morgan fingerprint density at radius 1 is 0.673 bits per heavy atom. The number of carbonyl (C=O) groups excluding carboxylic acids is 2. The molecular weight excluding hydrogens is 723 g/mol. The number of aliphatic hydroxyl groups excluding tert-OH is 3. The fourth-order valence-corrected chi connectivity index (χ4v) is 6.21. The second kappa shape index (κ2) is 37.5. The highest BCUT2D eigenvalue weighted by Crippen LogP contribution is 2.43. The summed E-state index contributed by atoms with van der Waals surface area (Å²) in [5.74, 6) is -0.303. The summed E-state index contributed by atoms with van der Waals surface area (Å²) in [7, 11) is -4.66. The van der Waals surface area contributed by atoms with E-state index in [1.165, 1.54) is 70.6 Å². The number of carbonyl (C=O) groups is 2. The average Bonchev–Trinajstić information content (AvgIpc) is 3.16. The van der Waals surface area contributed by atoms with Crippen LogP contribution >= 0.6 is 7.82 Å². The summed E-state index contributed by atoms with van der Waals surface area (Å²) in [6.45, 7) is 4.45. The summed E-state index contributed by atoms with van der Waals surface area (Å²) < 4.78 is 32.5. The molecule has 4 N–H and O–H groups in total. The zero-order valence-electron chi connectivity index (χ0n) is 34.4. The van der Waals surface area contributed by atoms with Crippen molar-refractivity contribution in [1.29, 1.82) is 0 Å². The number of esters is 2. The molecule has 320 valence electrons. The smallest absolute Gasteiger partial charge is 0.462 e. The maximum absolute atomic E-state index is 12.6. The Bertz CT molecular complexity index is 1090. The van der Waals surface area contributed by atoms with Crippen molar-refractivity contribution in [2.75, 3.05) is 26.4 Å². The quantitative estimate of drug-likeness (QED) is 0.0154. The number of phosphoric ester groups is 1. The third kappa shape index (κ3) is 37.2. The SMILES string of the molecule is CCCCC/C=C\C/C=C\C/C=C\C=C\[C@@H](O)CCCC(=O)OC[C@H](COP(=O)(O)OC[C@@H](O)CO)OC(=O)CCCCCCCCCCCCC(C)CC. The average molecular weight is 801 g/mol. The van der Waals surface area contributed by atoms with Gasteiger partial charge in [0.15, 0.2) is 6.10 Å². The molecule has 0 aliphatic rings. The molecule has 0 radical (unpaired) electrons. The highest BCUT2D eigenvalue weighted by molar-refractivity contribution is 7.47. The number of hydrogen-bond donors (Lipinski definition) is 4. The van der Waals surface area contributed by atoms with Crippen LogP contribution in [0.4, 0.5) is 0 Å². The van der Waals surface area contributed by atoms with Crippen LogP contribution in [0.5, 0.6) is 0 Å². The molecule has 2 unspecified atom stereocenters. The Labute approximate surface area is 333 Å². The van der Waals surface area contributed by atoms with E-state index in [-0.39, 0.29) is 12.8 Å². The summed E-state index contributed by atoms with van der Waals surface area (Å²) in [4.78, 5) is 35.0. The number of aliphatic hydroxyl groups is 3. The molecule has 12 heteroatoms. The van der Waals surface area contributed by atoms with Crippen LogP contribution in [0.25, 0.3) is 0 Å². The molecule has 0 saturated heterocycles. The van der Waals surface area contributed by atoms with E-state index in [0.29, 0.717) is 19.3 Å². The number of phosphoric acid groups is 1. The highest BCUT2D eigenvalue weighted by atomic mass is 31.2. The fraction of sp³-hybridized carbons (Fsp3) is 0.767. The van der Waals surface area contributed by atoms with Gasteiger partial charge in [0, 0.05) is 12.8 Å². The number of ether oxygens (including phenoxy) is 2. The molecule has 0 aliphatic carbocycles. The van der Waals surface area contributed by atoms with Crippen molar-refractivity contribution in [3.8, 4) is 0 Å². The zero-order chi connectivity index (χ0) is 40.8. The standard InChI is InChI=1S/C43H77O11P/c1-4-6-7-8-9-10-11-12-13-17-20-23-26-30-39(45)31-28-33-42(47)51-36-41(37-53-55(49,50)52-35-40(46)34-44)54-43(48)32-27-24-21-18-15-14-16-19-22-25-29-38(3)5-2/h9-10,12-13,20,23,26,30,38-41,44-46H,4-8,11,14-19,21-22,24-25,27-29,31-37H2,1-3H3,(H,49,50)/b10-9-,13-12-,23-20-,30-26+/t38?,39-,40+,41-/m1/s1. The van der Waals surface area contributed by atoms with Crippen LogP contribution in [0.2, 0.25) is 0 Å². The number of allylic oxidation sites excluding steroid dienone is 7. The molecule has 0 amide bonds. The Hall–Kier alpha value is -2.11. The molecule has 0 fully saturated rings. The van der Waals surface area contributed by atoms with Crippen molar-refractivity contribution in [3.63, 3.8) is 0 Å². The first-order valence-corrected chi connectivity index (χ1v) is 22.6. The van der Waals surface area contributed by atoms with Gasteiger partial charge in [0.1, 0.15) is 12.7 Å².